The van der Waals surface area contributed by atoms with Gasteiger partial charge in [-0.05, 0) is 45.7 Å². The second kappa shape index (κ2) is 7.08. The number of pyridine rings is 1. The molecule has 2 rings (SSSR count). The van der Waals surface area contributed by atoms with Gasteiger partial charge in [-0.15, -0.1) is 0 Å². The van der Waals surface area contributed by atoms with Crippen molar-refractivity contribution >= 4 is 17.6 Å². The number of hydrogen-bond donors (Lipinski definition) is 1. The fourth-order valence-electron chi connectivity index (χ4n) is 3.23. The van der Waals surface area contributed by atoms with Crippen molar-refractivity contribution in [2.24, 2.45) is 0 Å². The smallest absolute Gasteiger partial charge is 0.253 e. The molecule has 0 saturated carbocycles. The summed E-state index contributed by atoms with van der Waals surface area (Å²) in [6.45, 7) is 6.23. The molecule has 1 aromatic heterocycles. The molecule has 3 atom stereocenters. The Hall–Kier alpha value is -1.95. The Morgan fingerprint density at radius 1 is 1.30 bits per heavy atom. The highest BCUT2D eigenvalue weighted by atomic mass is 16.2. The molecular formula is C17H26N4O2. The SMILES string of the molecule is CC1CCC(C)N1C(C)C(=O)Nc1cc(C(=O)N(C)C)ccn1. The highest BCUT2D eigenvalue weighted by molar-refractivity contribution is 5.97. The van der Waals surface area contributed by atoms with Crippen molar-refractivity contribution in [1.82, 2.24) is 14.8 Å². The zero-order valence-corrected chi connectivity index (χ0v) is 14.5. The maximum atomic E-state index is 12.5. The van der Waals surface area contributed by atoms with Crippen molar-refractivity contribution in [2.45, 2.75) is 51.7 Å². The summed E-state index contributed by atoms with van der Waals surface area (Å²) in [6, 6.07) is 3.84. The van der Waals surface area contributed by atoms with Crippen molar-refractivity contribution in [2.75, 3.05) is 19.4 Å². The number of carbonyl (C=O) groups excluding carboxylic acids is 2. The standard InChI is InChI=1S/C17H26N4O2/c1-11-6-7-12(2)21(11)13(3)16(22)19-15-10-14(8-9-18-15)17(23)20(4)5/h8-13H,6-7H2,1-5H3,(H,18,19,22). The highest BCUT2D eigenvalue weighted by Crippen LogP contribution is 2.26. The first-order valence-corrected chi connectivity index (χ1v) is 8.07. The molecule has 6 heteroatoms. The summed E-state index contributed by atoms with van der Waals surface area (Å²) in [6.07, 6.45) is 3.77. The van der Waals surface area contributed by atoms with Crippen LogP contribution in [0, 0.1) is 0 Å². The average Bonchev–Trinajstić information content (AvgIpc) is 2.84. The van der Waals surface area contributed by atoms with Crippen LogP contribution in [0.5, 0.6) is 0 Å². The Balaban J connectivity index is 2.08. The lowest BCUT2D eigenvalue weighted by Gasteiger charge is -2.31. The van der Waals surface area contributed by atoms with Crippen molar-refractivity contribution < 1.29 is 9.59 Å². The molecule has 1 N–H and O–H groups in total. The van der Waals surface area contributed by atoms with Gasteiger partial charge >= 0.3 is 0 Å². The van der Waals surface area contributed by atoms with Crippen LogP contribution >= 0.6 is 0 Å². The lowest BCUT2D eigenvalue weighted by Crippen LogP contribution is -2.47. The normalized spacial score (nSPS) is 22.7. The second-order valence-electron chi connectivity index (χ2n) is 6.52. The first-order chi connectivity index (χ1) is 10.8. The van der Waals surface area contributed by atoms with Crippen molar-refractivity contribution in [3.05, 3.63) is 23.9 Å². The van der Waals surface area contributed by atoms with E-state index in [0.717, 1.165) is 12.8 Å². The summed E-state index contributed by atoms with van der Waals surface area (Å²) in [7, 11) is 3.39. The van der Waals surface area contributed by atoms with Crippen molar-refractivity contribution in [1.29, 1.82) is 0 Å². The Morgan fingerprint density at radius 2 is 1.91 bits per heavy atom. The molecule has 2 amide bonds. The average molecular weight is 318 g/mol. The van der Waals surface area contributed by atoms with E-state index in [0.29, 0.717) is 23.5 Å². The molecule has 0 aromatic carbocycles. The highest BCUT2D eigenvalue weighted by Gasteiger charge is 2.34. The molecule has 6 nitrogen and oxygen atoms in total. The molecule has 0 bridgehead atoms. The van der Waals surface area contributed by atoms with E-state index in [2.05, 4.69) is 29.0 Å². The van der Waals surface area contributed by atoms with Crippen LogP contribution in [0.2, 0.25) is 0 Å². The summed E-state index contributed by atoms with van der Waals surface area (Å²) >= 11 is 0. The molecular weight excluding hydrogens is 292 g/mol. The van der Waals surface area contributed by atoms with Crippen LogP contribution in [0.25, 0.3) is 0 Å². The predicted molar refractivity (Wildman–Crippen MR) is 90.3 cm³/mol. The lowest BCUT2D eigenvalue weighted by molar-refractivity contribution is -0.121. The minimum atomic E-state index is -0.225. The predicted octanol–water partition coefficient (Wildman–Crippen LogP) is 1.98. The number of rotatable bonds is 4. The summed E-state index contributed by atoms with van der Waals surface area (Å²) < 4.78 is 0. The molecule has 126 valence electrons. The maximum absolute atomic E-state index is 12.5. The second-order valence-corrected chi connectivity index (χ2v) is 6.52. The summed E-state index contributed by atoms with van der Waals surface area (Å²) in [4.78, 5) is 32.4. The van der Waals surface area contributed by atoms with Crippen LogP contribution in [0.15, 0.2) is 18.3 Å². The van der Waals surface area contributed by atoms with Gasteiger partial charge in [0.2, 0.25) is 5.91 Å². The Morgan fingerprint density at radius 3 is 2.48 bits per heavy atom. The van der Waals surface area contributed by atoms with Crippen LogP contribution in [-0.2, 0) is 4.79 Å². The monoisotopic (exact) mass is 318 g/mol. The molecule has 23 heavy (non-hydrogen) atoms. The van der Waals surface area contributed by atoms with E-state index in [9.17, 15) is 9.59 Å². The van der Waals surface area contributed by atoms with Gasteiger partial charge in [-0.3, -0.25) is 14.5 Å². The molecule has 1 fully saturated rings. The Labute approximate surface area is 137 Å². The molecule has 0 radical (unpaired) electrons. The molecule has 0 aliphatic carbocycles. The molecule has 0 spiro atoms. The summed E-state index contributed by atoms with van der Waals surface area (Å²) in [5.74, 6) is 0.208. The number of amides is 2. The molecule has 2 heterocycles. The van der Waals surface area contributed by atoms with Gasteiger partial charge < -0.3 is 10.2 Å². The van der Waals surface area contributed by atoms with Gasteiger partial charge in [0.25, 0.3) is 5.91 Å². The van der Waals surface area contributed by atoms with E-state index in [1.54, 1.807) is 26.2 Å². The third kappa shape index (κ3) is 3.88. The molecule has 1 aliphatic rings. The van der Waals surface area contributed by atoms with E-state index in [1.807, 2.05) is 6.92 Å². The lowest BCUT2D eigenvalue weighted by atomic mass is 10.2. The Kier molecular flexibility index (Phi) is 5.36. The van der Waals surface area contributed by atoms with Crippen LogP contribution in [0.4, 0.5) is 5.82 Å². The number of nitrogens with zero attached hydrogens (tertiary/aromatic N) is 3. The number of aromatic nitrogens is 1. The van der Waals surface area contributed by atoms with E-state index < -0.39 is 0 Å². The van der Waals surface area contributed by atoms with Gasteiger partial charge in [-0.1, -0.05) is 0 Å². The van der Waals surface area contributed by atoms with Gasteiger partial charge in [0, 0.05) is 37.9 Å². The molecule has 1 aliphatic heterocycles. The van der Waals surface area contributed by atoms with E-state index in [1.165, 1.54) is 11.1 Å². The van der Waals surface area contributed by atoms with E-state index >= 15 is 0 Å². The topological polar surface area (TPSA) is 65.5 Å². The fourth-order valence-corrected chi connectivity index (χ4v) is 3.23. The summed E-state index contributed by atoms with van der Waals surface area (Å²) in [5, 5.41) is 2.83. The van der Waals surface area contributed by atoms with Crippen LogP contribution < -0.4 is 5.32 Å². The van der Waals surface area contributed by atoms with Gasteiger partial charge in [-0.2, -0.15) is 0 Å². The molecule has 1 saturated heterocycles. The van der Waals surface area contributed by atoms with Crippen molar-refractivity contribution in [3.63, 3.8) is 0 Å². The summed E-state index contributed by atoms with van der Waals surface area (Å²) in [5.41, 5.74) is 0.510. The number of likely N-dealkylation sites (tertiary alicyclic amines) is 1. The largest absolute Gasteiger partial charge is 0.345 e. The van der Waals surface area contributed by atoms with Crippen LogP contribution in [0.1, 0.15) is 44.0 Å². The quantitative estimate of drug-likeness (QED) is 0.922. The number of anilines is 1. The minimum absolute atomic E-state index is 0.0902. The van der Waals surface area contributed by atoms with Crippen LogP contribution in [-0.4, -0.2) is 58.8 Å². The van der Waals surface area contributed by atoms with E-state index in [-0.39, 0.29) is 17.9 Å². The minimum Gasteiger partial charge on any atom is -0.345 e. The van der Waals surface area contributed by atoms with Gasteiger partial charge in [0.1, 0.15) is 5.82 Å². The van der Waals surface area contributed by atoms with Crippen LogP contribution in [0.3, 0.4) is 0 Å². The number of hydrogen-bond acceptors (Lipinski definition) is 4. The third-order valence-electron chi connectivity index (χ3n) is 4.51. The third-order valence-corrected chi connectivity index (χ3v) is 4.51. The van der Waals surface area contributed by atoms with Crippen molar-refractivity contribution in [3.8, 4) is 0 Å². The van der Waals surface area contributed by atoms with Gasteiger partial charge in [0.05, 0.1) is 6.04 Å². The van der Waals surface area contributed by atoms with Gasteiger partial charge in [0.15, 0.2) is 0 Å². The number of carbonyl (C=O) groups is 2. The zero-order valence-electron chi connectivity index (χ0n) is 14.5. The van der Waals surface area contributed by atoms with E-state index in [4.69, 9.17) is 0 Å². The van der Waals surface area contributed by atoms with Gasteiger partial charge in [-0.25, -0.2) is 4.98 Å². The first-order valence-electron chi connectivity index (χ1n) is 8.07. The fraction of sp³-hybridized carbons (Fsp3) is 0.588. The molecule has 3 unspecified atom stereocenters. The molecule has 1 aromatic rings. The zero-order chi connectivity index (χ0) is 17.1. The Bertz CT molecular complexity index is 578. The number of nitrogens with one attached hydrogen (secondary N) is 1. The maximum Gasteiger partial charge on any atom is 0.253 e. The first kappa shape index (κ1) is 17.4.